The summed E-state index contributed by atoms with van der Waals surface area (Å²) in [5.74, 6) is 0. The third-order valence-corrected chi connectivity index (χ3v) is 68.0. The first-order valence-electron chi connectivity index (χ1n) is 29.6. The Kier molecular flexibility index (Phi) is 44.5. The van der Waals surface area contributed by atoms with Crippen LogP contribution in [0.5, 0.6) is 0 Å². The summed E-state index contributed by atoms with van der Waals surface area (Å²) in [6.07, 6.45) is 26.0. The van der Waals surface area contributed by atoms with Gasteiger partial charge in [0.05, 0.1) is 0 Å². The summed E-state index contributed by atoms with van der Waals surface area (Å²) in [6.45, 7) is 45.4. The Morgan fingerprint density at radius 3 is 0.270 bits per heavy atom. The van der Waals surface area contributed by atoms with Crippen LogP contribution < -0.4 is 0 Å². The van der Waals surface area contributed by atoms with Crippen molar-refractivity contribution in [2.75, 3.05) is 0 Å². The minimum Gasteiger partial charge on any atom is -0.309 e. The summed E-state index contributed by atoms with van der Waals surface area (Å²) < 4.78 is 0. The minimum absolute atomic E-state index is 0. The molecule has 0 unspecified atom stereocenters. The Morgan fingerprint density at radius 1 is 0.159 bits per heavy atom. The molecule has 0 atom stereocenters. The standard InChI is InChI=1S/2C28H63Si3.Lu/c2*1-10-19-29(20-11-2,21-12-3)28(30(22-13-4,23-14-5)24-15-6)31(25-16-7,26-17-8)27-18-9;/h2*10-27H2,1-9H3;/q2*-1;+3. The Labute approximate surface area is 439 Å². The van der Waals surface area contributed by atoms with E-state index in [4.69, 9.17) is 0 Å². The molecule has 0 bridgehead atoms. The molecule has 0 aliphatic carbocycles. The maximum absolute atomic E-state index is 2.54. The van der Waals surface area contributed by atoms with Crippen molar-refractivity contribution in [1.82, 2.24) is 0 Å². The molecule has 0 aromatic rings. The van der Waals surface area contributed by atoms with Crippen LogP contribution in [0.2, 0.25) is 109 Å². The zero-order valence-corrected chi connectivity index (χ0v) is 55.4. The molecule has 0 saturated carbocycles. The molecular weight excluding hydrogens is 1020 g/mol. The maximum Gasteiger partial charge on any atom is 3.00 e. The molecule has 0 aliphatic rings. The van der Waals surface area contributed by atoms with Gasteiger partial charge in [0, 0.05) is 0 Å². The number of hydrogen-bond donors (Lipinski definition) is 0. The van der Waals surface area contributed by atoms with Crippen LogP contribution in [0.25, 0.3) is 0 Å². The normalized spacial score (nSPS) is 13.1. The number of hydrogen-bond acceptors (Lipinski definition) is 0. The van der Waals surface area contributed by atoms with Gasteiger partial charge in [-0.2, -0.15) is 0 Å². The molecular formula is C56H126LuSi6+. The van der Waals surface area contributed by atoms with Crippen molar-refractivity contribution < 1.29 is 36.9 Å². The molecule has 0 spiro atoms. The second kappa shape index (κ2) is 40.2. The van der Waals surface area contributed by atoms with E-state index in [0.29, 0.717) is 0 Å². The van der Waals surface area contributed by atoms with Crippen molar-refractivity contribution in [2.24, 2.45) is 0 Å². The van der Waals surface area contributed by atoms with Gasteiger partial charge in [-0.25, -0.2) is 0 Å². The molecule has 0 radical (unpaired) electrons. The first-order chi connectivity index (χ1) is 29.8. The van der Waals surface area contributed by atoms with Crippen LogP contribution in [-0.2, 0) is 0 Å². The summed E-state index contributed by atoms with van der Waals surface area (Å²) in [5.41, 5.74) is 0. The van der Waals surface area contributed by atoms with Crippen LogP contribution in [-0.4, -0.2) is 48.4 Å². The molecule has 0 amide bonds. The van der Waals surface area contributed by atoms with E-state index in [9.17, 15) is 0 Å². The van der Waals surface area contributed by atoms with Gasteiger partial charge in [0.25, 0.3) is 0 Å². The molecule has 0 aromatic carbocycles. The van der Waals surface area contributed by atoms with Crippen LogP contribution in [0, 0.1) is 46.5 Å². The van der Waals surface area contributed by atoms with Gasteiger partial charge in [0.1, 0.15) is 0 Å². The molecule has 0 aromatic heterocycles. The maximum atomic E-state index is 2.54. The van der Waals surface area contributed by atoms with Gasteiger partial charge in [0.2, 0.25) is 0 Å². The molecule has 0 rings (SSSR count). The molecule has 0 aliphatic heterocycles. The van der Waals surface area contributed by atoms with Crippen molar-refractivity contribution >= 4 is 48.4 Å². The van der Waals surface area contributed by atoms with E-state index in [-0.39, 0.29) is 36.9 Å². The molecule has 0 saturated heterocycles. The summed E-state index contributed by atoms with van der Waals surface area (Å²) >= 11 is 0. The van der Waals surface area contributed by atoms with Crippen LogP contribution in [0.15, 0.2) is 0 Å². The van der Waals surface area contributed by atoms with Gasteiger partial charge >= 0.3 is 36.9 Å². The van der Waals surface area contributed by atoms with Crippen molar-refractivity contribution in [2.45, 2.75) is 349 Å². The monoisotopic (exact) mass is 1140 g/mol. The first-order valence-corrected chi connectivity index (χ1v) is 45.3. The summed E-state index contributed by atoms with van der Waals surface area (Å²) in [7, 11) is -8.27. The van der Waals surface area contributed by atoms with Gasteiger partial charge in [0.15, 0.2) is 0 Å². The Morgan fingerprint density at radius 2 is 0.222 bits per heavy atom. The van der Waals surface area contributed by atoms with Crippen LogP contribution in [0.1, 0.15) is 240 Å². The zero-order valence-electron chi connectivity index (χ0n) is 47.7. The van der Waals surface area contributed by atoms with E-state index in [1.165, 1.54) is 116 Å². The third kappa shape index (κ3) is 20.7. The Bertz CT molecular complexity index is 701. The van der Waals surface area contributed by atoms with Gasteiger partial charge in [-0.3, -0.25) is 0 Å². The fourth-order valence-corrected chi connectivity index (χ4v) is 83.2. The molecule has 388 valence electrons. The summed E-state index contributed by atoms with van der Waals surface area (Å²) in [5, 5.41) is 0. The molecule has 63 heavy (non-hydrogen) atoms. The van der Waals surface area contributed by atoms with E-state index in [0.717, 1.165) is 0 Å². The molecule has 7 heteroatoms. The third-order valence-electron chi connectivity index (χ3n) is 16.3. The number of rotatable bonds is 42. The summed E-state index contributed by atoms with van der Waals surface area (Å²) in [4.78, 5) is 5.07. The van der Waals surface area contributed by atoms with E-state index in [2.05, 4.69) is 134 Å². The van der Waals surface area contributed by atoms with Crippen LogP contribution in [0.3, 0.4) is 0 Å². The average molecular weight is 1140 g/mol. The largest absolute Gasteiger partial charge is 3.00 e. The first kappa shape index (κ1) is 69.8. The van der Waals surface area contributed by atoms with Crippen molar-refractivity contribution in [3.8, 4) is 0 Å². The van der Waals surface area contributed by atoms with Crippen molar-refractivity contribution in [1.29, 1.82) is 0 Å². The van der Waals surface area contributed by atoms with E-state index >= 15 is 0 Å². The van der Waals surface area contributed by atoms with Gasteiger partial charge in [-0.05, 0) is 0 Å². The predicted molar refractivity (Wildman–Crippen MR) is 313 cm³/mol. The van der Waals surface area contributed by atoms with Crippen molar-refractivity contribution in [3.63, 3.8) is 0 Å². The Balaban J connectivity index is -0.00000112. The zero-order chi connectivity index (χ0) is 47.6. The molecule has 0 fully saturated rings. The van der Waals surface area contributed by atoms with E-state index in [1.807, 2.05) is 0 Å². The Hall–Kier alpha value is 2.54. The fraction of sp³-hybridized carbons (Fsp3) is 0.964. The van der Waals surface area contributed by atoms with Crippen molar-refractivity contribution in [3.05, 3.63) is 9.58 Å². The van der Waals surface area contributed by atoms with E-state index in [1.54, 1.807) is 109 Å². The van der Waals surface area contributed by atoms with Gasteiger partial charge < -0.3 is 9.58 Å². The van der Waals surface area contributed by atoms with E-state index < -0.39 is 48.4 Å². The predicted octanol–water partition coefficient (Wildman–Crippen LogP) is 22.4. The smallest absolute Gasteiger partial charge is 0.309 e. The molecule has 0 nitrogen and oxygen atoms in total. The molecule has 0 N–H and O–H groups in total. The summed E-state index contributed by atoms with van der Waals surface area (Å²) in [6, 6.07) is 29.3. The fourth-order valence-electron chi connectivity index (χ4n) is 16.5. The topological polar surface area (TPSA) is 0 Å². The van der Waals surface area contributed by atoms with Crippen LogP contribution in [0.4, 0.5) is 0 Å². The minimum atomic E-state index is -1.38. The second-order valence-electron chi connectivity index (χ2n) is 21.9. The molecule has 0 heterocycles. The van der Waals surface area contributed by atoms with Crippen LogP contribution >= 0.6 is 0 Å². The quantitative estimate of drug-likeness (QED) is 0.0422. The SMILES string of the molecule is CCC[Si](CCC)(CCC)[C-]([Si](CCC)(CCC)CCC)[Si](CCC)(CCC)CCC.CCC[Si](CCC)(CCC)[C-]([Si](CCC)(CCC)CCC)[Si](CCC)(CCC)CCC.[Lu+3]. The second-order valence-corrected chi connectivity index (χ2v) is 52.3. The van der Waals surface area contributed by atoms with Gasteiger partial charge in [-0.15, -0.1) is 0 Å². The average Bonchev–Trinajstić information content (AvgIpc) is 3.20. The van der Waals surface area contributed by atoms with Gasteiger partial charge in [-0.1, -0.05) is 397 Å².